The van der Waals surface area contributed by atoms with Crippen molar-refractivity contribution in [2.75, 3.05) is 32.3 Å². The second-order valence-electron chi connectivity index (χ2n) is 4.88. The quantitative estimate of drug-likeness (QED) is 0.708. The van der Waals surface area contributed by atoms with Crippen LogP contribution in [0.15, 0.2) is 18.2 Å². The average Bonchev–Trinajstić information content (AvgIpc) is 2.50. The predicted octanol–water partition coefficient (Wildman–Crippen LogP) is 2.18. The van der Waals surface area contributed by atoms with E-state index in [4.69, 9.17) is 9.47 Å². The van der Waals surface area contributed by atoms with Crippen molar-refractivity contribution in [3.63, 3.8) is 0 Å². The smallest absolute Gasteiger partial charge is 0.161 e. The minimum absolute atomic E-state index is 0.120. The van der Waals surface area contributed by atoms with E-state index in [-0.39, 0.29) is 17.5 Å². The lowest BCUT2D eigenvalue weighted by Gasteiger charge is -2.16. The van der Waals surface area contributed by atoms with Crippen LogP contribution in [0, 0.1) is 0 Å². The Morgan fingerprint density at radius 2 is 1.86 bits per heavy atom. The Labute approximate surface area is 127 Å². The fourth-order valence-corrected chi connectivity index (χ4v) is 2.87. The predicted molar refractivity (Wildman–Crippen MR) is 84.9 cm³/mol. The molecule has 1 aromatic carbocycles. The molecule has 1 atom stereocenters. The molecular weight excluding hydrogens is 290 g/mol. The third-order valence-corrected chi connectivity index (χ3v) is 5.22. The number of methoxy groups -OCH3 is 2. The maximum Gasteiger partial charge on any atom is 0.161 e. The summed E-state index contributed by atoms with van der Waals surface area (Å²) in [5, 5.41) is 3.32. The molecule has 21 heavy (non-hydrogen) atoms. The van der Waals surface area contributed by atoms with E-state index in [9.17, 15) is 8.42 Å². The maximum atomic E-state index is 11.4. The largest absolute Gasteiger partial charge is 0.493 e. The molecule has 0 saturated heterocycles. The summed E-state index contributed by atoms with van der Waals surface area (Å²) in [6, 6.07) is 5.89. The standard InChI is InChI=1S/C15H25NO4S/c1-5-21(17,18)10-6-9-16-12(2)13-7-8-14(19-3)15(11-13)20-4/h7-8,11-12,16H,5-6,9-10H2,1-4H3. The summed E-state index contributed by atoms with van der Waals surface area (Å²) < 4.78 is 33.3. The Kier molecular flexibility index (Phi) is 6.98. The molecule has 1 N–H and O–H groups in total. The van der Waals surface area contributed by atoms with Crippen molar-refractivity contribution in [3.8, 4) is 11.5 Å². The van der Waals surface area contributed by atoms with Crippen molar-refractivity contribution in [2.45, 2.75) is 26.3 Å². The van der Waals surface area contributed by atoms with Crippen LogP contribution in [0.1, 0.15) is 31.9 Å². The van der Waals surface area contributed by atoms with Gasteiger partial charge in [0.25, 0.3) is 0 Å². The van der Waals surface area contributed by atoms with Gasteiger partial charge in [0.15, 0.2) is 11.5 Å². The molecule has 0 fully saturated rings. The van der Waals surface area contributed by atoms with Crippen LogP contribution in [0.4, 0.5) is 0 Å². The Morgan fingerprint density at radius 3 is 2.43 bits per heavy atom. The second-order valence-corrected chi connectivity index (χ2v) is 7.35. The van der Waals surface area contributed by atoms with Crippen molar-refractivity contribution in [3.05, 3.63) is 23.8 Å². The lowest BCUT2D eigenvalue weighted by Crippen LogP contribution is -2.22. The number of nitrogens with one attached hydrogen (secondary N) is 1. The molecule has 0 aliphatic carbocycles. The van der Waals surface area contributed by atoms with Gasteiger partial charge in [-0.15, -0.1) is 0 Å². The minimum atomic E-state index is -2.88. The molecule has 0 aromatic heterocycles. The van der Waals surface area contributed by atoms with Crippen LogP contribution in [0.25, 0.3) is 0 Å². The lowest BCUT2D eigenvalue weighted by molar-refractivity contribution is 0.354. The average molecular weight is 315 g/mol. The Balaban J connectivity index is 2.54. The molecule has 1 rings (SSSR count). The zero-order valence-electron chi connectivity index (χ0n) is 13.2. The maximum absolute atomic E-state index is 11.4. The Hall–Kier alpha value is -1.27. The Morgan fingerprint density at radius 1 is 1.19 bits per heavy atom. The number of hydrogen-bond acceptors (Lipinski definition) is 5. The first-order valence-corrected chi connectivity index (χ1v) is 8.91. The van der Waals surface area contributed by atoms with E-state index in [0.29, 0.717) is 24.5 Å². The van der Waals surface area contributed by atoms with Crippen molar-refractivity contribution < 1.29 is 17.9 Å². The van der Waals surface area contributed by atoms with E-state index in [2.05, 4.69) is 5.32 Å². The van der Waals surface area contributed by atoms with E-state index < -0.39 is 9.84 Å². The molecule has 0 aliphatic rings. The summed E-state index contributed by atoms with van der Waals surface area (Å²) in [6.07, 6.45) is 0.619. The van der Waals surface area contributed by atoms with Gasteiger partial charge in [-0.3, -0.25) is 0 Å². The fourth-order valence-electron chi connectivity index (χ4n) is 1.99. The van der Waals surface area contributed by atoms with E-state index >= 15 is 0 Å². The zero-order valence-corrected chi connectivity index (χ0v) is 14.0. The van der Waals surface area contributed by atoms with Crippen LogP contribution in [0.2, 0.25) is 0 Å². The van der Waals surface area contributed by atoms with Gasteiger partial charge in [-0.1, -0.05) is 13.0 Å². The van der Waals surface area contributed by atoms with Gasteiger partial charge in [-0.05, 0) is 37.6 Å². The SMILES string of the molecule is CCS(=O)(=O)CCCNC(C)c1ccc(OC)c(OC)c1. The van der Waals surface area contributed by atoms with E-state index in [1.54, 1.807) is 21.1 Å². The van der Waals surface area contributed by atoms with Crippen LogP contribution >= 0.6 is 0 Å². The highest BCUT2D eigenvalue weighted by Gasteiger charge is 2.11. The highest BCUT2D eigenvalue weighted by molar-refractivity contribution is 7.91. The summed E-state index contributed by atoms with van der Waals surface area (Å²) in [5.41, 5.74) is 1.07. The molecule has 5 nitrogen and oxygen atoms in total. The molecule has 0 bridgehead atoms. The number of ether oxygens (including phenoxy) is 2. The van der Waals surface area contributed by atoms with Gasteiger partial charge in [-0.2, -0.15) is 0 Å². The van der Waals surface area contributed by atoms with Crippen LogP contribution < -0.4 is 14.8 Å². The molecule has 0 radical (unpaired) electrons. The van der Waals surface area contributed by atoms with Crippen LogP contribution in [0.3, 0.4) is 0 Å². The molecule has 120 valence electrons. The van der Waals surface area contributed by atoms with E-state index in [1.165, 1.54) is 0 Å². The molecular formula is C15H25NO4S. The molecule has 1 aromatic rings. The normalized spacial score (nSPS) is 13.0. The zero-order chi connectivity index (χ0) is 15.9. The topological polar surface area (TPSA) is 64.6 Å². The van der Waals surface area contributed by atoms with Gasteiger partial charge in [0, 0.05) is 11.8 Å². The van der Waals surface area contributed by atoms with Crippen LogP contribution in [-0.2, 0) is 9.84 Å². The number of sulfone groups is 1. The third-order valence-electron chi connectivity index (χ3n) is 3.43. The highest BCUT2D eigenvalue weighted by atomic mass is 32.2. The molecule has 0 amide bonds. The van der Waals surface area contributed by atoms with Gasteiger partial charge in [0.1, 0.15) is 9.84 Å². The van der Waals surface area contributed by atoms with Gasteiger partial charge in [0.2, 0.25) is 0 Å². The Bertz CT molecular complexity index is 543. The number of hydrogen-bond donors (Lipinski definition) is 1. The van der Waals surface area contributed by atoms with Gasteiger partial charge < -0.3 is 14.8 Å². The van der Waals surface area contributed by atoms with Gasteiger partial charge in [0.05, 0.1) is 20.0 Å². The summed E-state index contributed by atoms with van der Waals surface area (Å²) in [6.45, 7) is 4.37. The van der Waals surface area contributed by atoms with Crippen molar-refractivity contribution in [1.29, 1.82) is 0 Å². The fraction of sp³-hybridized carbons (Fsp3) is 0.600. The summed E-state index contributed by atoms with van der Waals surface area (Å²) >= 11 is 0. The number of rotatable bonds is 9. The summed E-state index contributed by atoms with van der Waals surface area (Å²) in [7, 11) is 0.333. The van der Waals surface area contributed by atoms with Gasteiger partial charge in [-0.25, -0.2) is 8.42 Å². The minimum Gasteiger partial charge on any atom is -0.493 e. The lowest BCUT2D eigenvalue weighted by atomic mass is 10.1. The highest BCUT2D eigenvalue weighted by Crippen LogP contribution is 2.29. The first kappa shape index (κ1) is 17.8. The number of benzene rings is 1. The molecule has 0 heterocycles. The third kappa shape index (κ3) is 5.55. The van der Waals surface area contributed by atoms with Crippen molar-refractivity contribution >= 4 is 9.84 Å². The molecule has 1 unspecified atom stereocenters. The molecule has 0 aliphatic heterocycles. The molecule has 0 saturated carbocycles. The van der Waals surface area contributed by atoms with E-state index in [0.717, 1.165) is 5.56 Å². The van der Waals surface area contributed by atoms with E-state index in [1.807, 2.05) is 25.1 Å². The molecule has 6 heteroatoms. The van der Waals surface area contributed by atoms with Gasteiger partial charge >= 0.3 is 0 Å². The monoisotopic (exact) mass is 315 g/mol. The van der Waals surface area contributed by atoms with Crippen molar-refractivity contribution in [1.82, 2.24) is 5.32 Å². The second kappa shape index (κ2) is 8.24. The van der Waals surface area contributed by atoms with Crippen LogP contribution in [-0.4, -0.2) is 40.7 Å². The summed E-state index contributed by atoms with van der Waals surface area (Å²) in [5.74, 6) is 1.83. The first-order valence-electron chi connectivity index (χ1n) is 7.09. The first-order chi connectivity index (χ1) is 9.93. The van der Waals surface area contributed by atoms with Crippen molar-refractivity contribution in [2.24, 2.45) is 0 Å². The van der Waals surface area contributed by atoms with Crippen LogP contribution in [0.5, 0.6) is 11.5 Å². The molecule has 0 spiro atoms. The summed E-state index contributed by atoms with van der Waals surface area (Å²) in [4.78, 5) is 0.